The van der Waals surface area contributed by atoms with Gasteiger partial charge in [0.1, 0.15) is 0 Å². The topological polar surface area (TPSA) is 32.8 Å². The van der Waals surface area contributed by atoms with E-state index in [2.05, 4.69) is 22.9 Å². The molecular weight excluding hydrogens is 264 g/mol. The minimum atomic E-state index is -0.237. The molecule has 1 saturated heterocycles. The fourth-order valence-electron chi connectivity index (χ4n) is 3.55. The summed E-state index contributed by atoms with van der Waals surface area (Å²) < 4.78 is 4.83. The van der Waals surface area contributed by atoms with E-state index in [-0.39, 0.29) is 5.97 Å². The SMILES string of the molecule is COC(=O)c1ccc2c(c1)CCC[C@@H]2N1CCN(C)CC1. The summed E-state index contributed by atoms with van der Waals surface area (Å²) >= 11 is 0. The van der Waals surface area contributed by atoms with Crippen molar-refractivity contribution in [1.29, 1.82) is 0 Å². The highest BCUT2D eigenvalue weighted by atomic mass is 16.5. The molecule has 114 valence electrons. The van der Waals surface area contributed by atoms with E-state index in [4.69, 9.17) is 4.74 Å². The molecule has 1 aliphatic carbocycles. The first-order valence-electron chi connectivity index (χ1n) is 7.83. The van der Waals surface area contributed by atoms with Crippen molar-refractivity contribution in [3.8, 4) is 0 Å². The summed E-state index contributed by atoms with van der Waals surface area (Å²) in [7, 11) is 3.63. The number of esters is 1. The third-order valence-corrected chi connectivity index (χ3v) is 4.83. The molecule has 1 atom stereocenters. The first-order valence-corrected chi connectivity index (χ1v) is 7.83. The Labute approximate surface area is 126 Å². The maximum absolute atomic E-state index is 11.7. The monoisotopic (exact) mass is 288 g/mol. The lowest BCUT2D eigenvalue weighted by Gasteiger charge is -2.40. The summed E-state index contributed by atoms with van der Waals surface area (Å²) in [6, 6.07) is 6.61. The minimum Gasteiger partial charge on any atom is -0.465 e. The number of benzene rings is 1. The molecule has 0 radical (unpaired) electrons. The van der Waals surface area contributed by atoms with Crippen LogP contribution < -0.4 is 0 Å². The standard InChI is InChI=1S/C17H24N2O2/c1-18-8-10-19(11-9-18)16-5-3-4-13-12-14(17(20)21-2)6-7-15(13)16/h6-7,12,16H,3-5,8-11H2,1-2H3/t16-/m0/s1. The molecule has 0 N–H and O–H groups in total. The van der Waals surface area contributed by atoms with Gasteiger partial charge in [0.25, 0.3) is 0 Å². The van der Waals surface area contributed by atoms with Gasteiger partial charge in [-0.15, -0.1) is 0 Å². The van der Waals surface area contributed by atoms with Gasteiger partial charge in [0.05, 0.1) is 12.7 Å². The molecule has 2 aliphatic rings. The zero-order valence-corrected chi connectivity index (χ0v) is 13.0. The molecule has 3 rings (SSSR count). The Morgan fingerprint density at radius 2 is 2.00 bits per heavy atom. The Morgan fingerprint density at radius 3 is 2.71 bits per heavy atom. The summed E-state index contributed by atoms with van der Waals surface area (Å²) in [6.07, 6.45) is 3.51. The number of carbonyl (C=O) groups is 1. The van der Waals surface area contributed by atoms with Gasteiger partial charge < -0.3 is 9.64 Å². The molecule has 0 spiro atoms. The Balaban J connectivity index is 1.83. The number of methoxy groups -OCH3 is 1. The molecule has 0 saturated carbocycles. The fourth-order valence-corrected chi connectivity index (χ4v) is 3.55. The number of aryl methyl sites for hydroxylation is 1. The Hall–Kier alpha value is -1.39. The van der Waals surface area contributed by atoms with E-state index in [9.17, 15) is 4.79 Å². The van der Waals surface area contributed by atoms with Crippen molar-refractivity contribution in [2.24, 2.45) is 0 Å². The second-order valence-corrected chi connectivity index (χ2v) is 6.15. The normalized spacial score (nSPS) is 23.6. The predicted molar refractivity (Wildman–Crippen MR) is 82.5 cm³/mol. The molecule has 0 aromatic heterocycles. The van der Waals surface area contributed by atoms with E-state index in [1.807, 2.05) is 12.1 Å². The average molecular weight is 288 g/mol. The lowest BCUT2D eigenvalue weighted by molar-refractivity contribution is 0.0600. The lowest BCUT2D eigenvalue weighted by Crippen LogP contribution is -2.46. The van der Waals surface area contributed by atoms with Crippen LogP contribution in [0.2, 0.25) is 0 Å². The smallest absolute Gasteiger partial charge is 0.337 e. The second-order valence-electron chi connectivity index (χ2n) is 6.15. The third-order valence-electron chi connectivity index (χ3n) is 4.83. The van der Waals surface area contributed by atoms with Crippen molar-refractivity contribution in [3.63, 3.8) is 0 Å². The quantitative estimate of drug-likeness (QED) is 0.780. The van der Waals surface area contributed by atoms with Gasteiger partial charge in [-0.2, -0.15) is 0 Å². The first-order chi connectivity index (χ1) is 10.2. The van der Waals surface area contributed by atoms with E-state index in [1.54, 1.807) is 0 Å². The van der Waals surface area contributed by atoms with Crippen molar-refractivity contribution < 1.29 is 9.53 Å². The highest BCUT2D eigenvalue weighted by Gasteiger charge is 2.28. The molecule has 1 aliphatic heterocycles. The zero-order valence-electron chi connectivity index (χ0n) is 13.0. The Bertz CT molecular complexity index is 522. The number of hydrogen-bond acceptors (Lipinski definition) is 4. The van der Waals surface area contributed by atoms with Gasteiger partial charge in [-0.25, -0.2) is 4.79 Å². The van der Waals surface area contributed by atoms with Gasteiger partial charge in [0, 0.05) is 32.2 Å². The van der Waals surface area contributed by atoms with Gasteiger partial charge in [0.2, 0.25) is 0 Å². The maximum Gasteiger partial charge on any atom is 0.337 e. The van der Waals surface area contributed by atoms with Crippen LogP contribution in [0.4, 0.5) is 0 Å². The van der Waals surface area contributed by atoms with Crippen LogP contribution in [0.3, 0.4) is 0 Å². The molecule has 1 heterocycles. The molecule has 21 heavy (non-hydrogen) atoms. The van der Waals surface area contributed by atoms with Gasteiger partial charge in [-0.3, -0.25) is 4.90 Å². The Morgan fingerprint density at radius 1 is 1.24 bits per heavy atom. The molecule has 1 aromatic rings. The molecule has 0 bridgehead atoms. The molecule has 1 aromatic carbocycles. The zero-order chi connectivity index (χ0) is 14.8. The largest absolute Gasteiger partial charge is 0.465 e. The van der Waals surface area contributed by atoms with Gasteiger partial charge in [-0.05, 0) is 49.6 Å². The van der Waals surface area contributed by atoms with Crippen molar-refractivity contribution in [1.82, 2.24) is 9.80 Å². The van der Waals surface area contributed by atoms with Crippen LogP contribution >= 0.6 is 0 Å². The molecule has 4 heteroatoms. The van der Waals surface area contributed by atoms with Gasteiger partial charge in [-0.1, -0.05) is 6.07 Å². The molecule has 0 unspecified atom stereocenters. The van der Waals surface area contributed by atoms with Crippen LogP contribution in [0, 0.1) is 0 Å². The van der Waals surface area contributed by atoms with E-state index in [0.29, 0.717) is 11.6 Å². The summed E-state index contributed by atoms with van der Waals surface area (Å²) in [4.78, 5) is 16.7. The predicted octanol–water partition coefficient (Wildman–Crippen LogP) is 2.10. The van der Waals surface area contributed by atoms with E-state index in [1.165, 1.54) is 31.1 Å². The summed E-state index contributed by atoms with van der Waals surface area (Å²) in [5.41, 5.74) is 3.42. The van der Waals surface area contributed by atoms with E-state index >= 15 is 0 Å². The highest BCUT2D eigenvalue weighted by Crippen LogP contribution is 2.35. The summed E-state index contributed by atoms with van der Waals surface area (Å²) in [5.74, 6) is -0.237. The number of nitrogens with zero attached hydrogens (tertiary/aromatic N) is 2. The minimum absolute atomic E-state index is 0.237. The Kier molecular flexibility index (Phi) is 4.27. The van der Waals surface area contributed by atoms with Crippen molar-refractivity contribution in [2.75, 3.05) is 40.3 Å². The molecule has 4 nitrogen and oxygen atoms in total. The number of carbonyl (C=O) groups excluding carboxylic acids is 1. The number of likely N-dealkylation sites (N-methyl/N-ethyl adjacent to an activating group) is 1. The van der Waals surface area contributed by atoms with E-state index < -0.39 is 0 Å². The number of rotatable bonds is 2. The van der Waals surface area contributed by atoms with E-state index in [0.717, 1.165) is 32.6 Å². The average Bonchev–Trinajstić information content (AvgIpc) is 2.54. The third kappa shape index (κ3) is 2.97. The van der Waals surface area contributed by atoms with Crippen LogP contribution in [-0.2, 0) is 11.2 Å². The summed E-state index contributed by atoms with van der Waals surface area (Å²) in [6.45, 7) is 4.57. The van der Waals surface area contributed by atoms with Crippen LogP contribution in [-0.4, -0.2) is 56.1 Å². The van der Waals surface area contributed by atoms with Crippen LogP contribution in [0.1, 0.15) is 40.4 Å². The van der Waals surface area contributed by atoms with Crippen LogP contribution in [0.25, 0.3) is 0 Å². The number of ether oxygens (including phenoxy) is 1. The maximum atomic E-state index is 11.7. The van der Waals surface area contributed by atoms with Crippen molar-refractivity contribution in [3.05, 3.63) is 34.9 Å². The van der Waals surface area contributed by atoms with Crippen LogP contribution in [0.5, 0.6) is 0 Å². The first kappa shape index (κ1) is 14.5. The van der Waals surface area contributed by atoms with Gasteiger partial charge >= 0.3 is 5.97 Å². The number of piperazine rings is 1. The molecular formula is C17H24N2O2. The fraction of sp³-hybridized carbons (Fsp3) is 0.588. The lowest BCUT2D eigenvalue weighted by atomic mass is 9.85. The van der Waals surface area contributed by atoms with Crippen LogP contribution in [0.15, 0.2) is 18.2 Å². The van der Waals surface area contributed by atoms with Gasteiger partial charge in [0.15, 0.2) is 0 Å². The number of hydrogen-bond donors (Lipinski definition) is 0. The molecule has 0 amide bonds. The number of fused-ring (bicyclic) bond motifs is 1. The van der Waals surface area contributed by atoms with Crippen molar-refractivity contribution >= 4 is 5.97 Å². The van der Waals surface area contributed by atoms with Crippen molar-refractivity contribution in [2.45, 2.75) is 25.3 Å². The summed E-state index contributed by atoms with van der Waals surface area (Å²) in [5, 5.41) is 0. The second kappa shape index (κ2) is 6.16. The highest BCUT2D eigenvalue weighted by molar-refractivity contribution is 5.89. The molecule has 1 fully saturated rings.